The number of nitrogens with two attached hydrogens (primary N) is 1. The topological polar surface area (TPSA) is 43.1 Å². The van der Waals surface area contributed by atoms with Crippen LogP contribution < -0.4 is 5.73 Å². The van der Waals surface area contributed by atoms with Gasteiger partial charge in [-0.2, -0.15) is 0 Å². The predicted molar refractivity (Wildman–Crippen MR) is 70.1 cm³/mol. The third-order valence-corrected chi connectivity index (χ3v) is 3.80. The van der Waals surface area contributed by atoms with Crippen molar-refractivity contribution in [2.45, 2.75) is 45.1 Å². The summed E-state index contributed by atoms with van der Waals surface area (Å²) >= 11 is 0. The van der Waals surface area contributed by atoms with Crippen LogP contribution in [0.1, 0.15) is 48.5 Å². The molecule has 1 aliphatic rings. The number of ketones is 1. The molecule has 92 valence electrons. The van der Waals surface area contributed by atoms with E-state index in [0.29, 0.717) is 5.92 Å². The summed E-state index contributed by atoms with van der Waals surface area (Å²) in [5, 5.41) is 0. The number of hydrogen-bond acceptors (Lipinski definition) is 2. The number of carbonyl (C=O) groups is 1. The molecule has 2 unspecified atom stereocenters. The minimum Gasteiger partial charge on any atom is -0.319 e. The Morgan fingerprint density at radius 1 is 1.35 bits per heavy atom. The molecule has 0 spiro atoms. The van der Waals surface area contributed by atoms with Crippen molar-refractivity contribution in [1.29, 1.82) is 0 Å². The van der Waals surface area contributed by atoms with Gasteiger partial charge < -0.3 is 5.73 Å². The Hall–Kier alpha value is -1.15. The zero-order valence-electron chi connectivity index (χ0n) is 10.7. The number of benzene rings is 1. The van der Waals surface area contributed by atoms with Crippen LogP contribution in [0, 0.1) is 12.8 Å². The van der Waals surface area contributed by atoms with E-state index in [9.17, 15) is 4.79 Å². The predicted octanol–water partition coefficient (Wildman–Crippen LogP) is 3.09. The zero-order chi connectivity index (χ0) is 12.5. The summed E-state index contributed by atoms with van der Waals surface area (Å²) in [4.78, 5) is 12.5. The van der Waals surface area contributed by atoms with Crippen LogP contribution in [0.2, 0.25) is 0 Å². The Labute approximate surface area is 103 Å². The van der Waals surface area contributed by atoms with Crippen LogP contribution >= 0.6 is 0 Å². The number of rotatable bonds is 2. The molecule has 1 aromatic rings. The minimum atomic E-state index is -0.632. The van der Waals surface area contributed by atoms with Crippen molar-refractivity contribution < 1.29 is 4.79 Å². The molecule has 0 aromatic heterocycles. The van der Waals surface area contributed by atoms with Gasteiger partial charge in [0.1, 0.15) is 0 Å². The lowest BCUT2D eigenvalue weighted by atomic mass is 9.73. The molecule has 1 aromatic carbocycles. The monoisotopic (exact) mass is 231 g/mol. The normalized spacial score (nSPS) is 29.0. The highest BCUT2D eigenvalue weighted by Crippen LogP contribution is 2.32. The number of hydrogen-bond donors (Lipinski definition) is 1. The van der Waals surface area contributed by atoms with Crippen LogP contribution in [0.3, 0.4) is 0 Å². The molecule has 2 N–H and O–H groups in total. The largest absolute Gasteiger partial charge is 0.319 e. The van der Waals surface area contributed by atoms with E-state index >= 15 is 0 Å². The maximum absolute atomic E-state index is 12.5. The molecule has 0 saturated heterocycles. The molecule has 2 rings (SSSR count). The van der Waals surface area contributed by atoms with Crippen LogP contribution in [0.4, 0.5) is 0 Å². The highest BCUT2D eigenvalue weighted by atomic mass is 16.1. The molecular weight excluding hydrogens is 210 g/mol. The molecule has 1 saturated carbocycles. The summed E-state index contributed by atoms with van der Waals surface area (Å²) in [5.74, 6) is 0.673. The highest BCUT2D eigenvalue weighted by Gasteiger charge is 2.38. The van der Waals surface area contributed by atoms with E-state index in [2.05, 4.69) is 6.92 Å². The van der Waals surface area contributed by atoms with Gasteiger partial charge in [0.2, 0.25) is 0 Å². The van der Waals surface area contributed by atoms with E-state index in [-0.39, 0.29) is 5.78 Å². The van der Waals surface area contributed by atoms with E-state index in [1.165, 1.54) is 12.0 Å². The van der Waals surface area contributed by atoms with Gasteiger partial charge in [-0.3, -0.25) is 4.79 Å². The van der Waals surface area contributed by atoms with Gasteiger partial charge >= 0.3 is 0 Å². The van der Waals surface area contributed by atoms with Crippen molar-refractivity contribution in [2.75, 3.05) is 0 Å². The summed E-state index contributed by atoms with van der Waals surface area (Å²) in [7, 11) is 0. The smallest absolute Gasteiger partial charge is 0.182 e. The van der Waals surface area contributed by atoms with Crippen molar-refractivity contribution >= 4 is 5.78 Å². The van der Waals surface area contributed by atoms with Crippen LogP contribution in [0.25, 0.3) is 0 Å². The van der Waals surface area contributed by atoms with E-state index in [1.807, 2.05) is 31.2 Å². The van der Waals surface area contributed by atoms with Crippen LogP contribution in [0.5, 0.6) is 0 Å². The summed E-state index contributed by atoms with van der Waals surface area (Å²) in [6.45, 7) is 4.21. The lowest BCUT2D eigenvalue weighted by Gasteiger charge is -2.35. The molecule has 2 atom stereocenters. The first-order valence-corrected chi connectivity index (χ1v) is 6.42. The van der Waals surface area contributed by atoms with Crippen molar-refractivity contribution in [1.82, 2.24) is 0 Å². The second-order valence-corrected chi connectivity index (χ2v) is 5.55. The summed E-state index contributed by atoms with van der Waals surface area (Å²) < 4.78 is 0. The highest BCUT2D eigenvalue weighted by molar-refractivity contribution is 6.03. The van der Waals surface area contributed by atoms with Gasteiger partial charge in [0.15, 0.2) is 5.78 Å². The quantitative estimate of drug-likeness (QED) is 0.795. The third kappa shape index (κ3) is 2.58. The number of Topliss-reactive ketones (excluding diaryl/α,β-unsaturated/α-hetero) is 1. The van der Waals surface area contributed by atoms with Gasteiger partial charge in [0.05, 0.1) is 5.54 Å². The van der Waals surface area contributed by atoms with Gasteiger partial charge in [-0.1, -0.05) is 49.6 Å². The average molecular weight is 231 g/mol. The maximum Gasteiger partial charge on any atom is 0.182 e. The van der Waals surface area contributed by atoms with Crippen molar-refractivity contribution in [3.8, 4) is 0 Å². The SMILES string of the molecule is Cc1ccc(C(=O)C2(N)CCCC(C)C2)cc1. The molecule has 1 fully saturated rings. The fourth-order valence-corrected chi connectivity index (χ4v) is 2.79. The Morgan fingerprint density at radius 3 is 2.59 bits per heavy atom. The van der Waals surface area contributed by atoms with E-state index in [1.54, 1.807) is 0 Å². The molecule has 1 aliphatic carbocycles. The molecule has 2 heteroatoms. The minimum absolute atomic E-state index is 0.115. The van der Waals surface area contributed by atoms with E-state index in [4.69, 9.17) is 5.73 Å². The van der Waals surface area contributed by atoms with E-state index < -0.39 is 5.54 Å². The van der Waals surface area contributed by atoms with Gasteiger partial charge in [-0.25, -0.2) is 0 Å². The zero-order valence-corrected chi connectivity index (χ0v) is 10.7. The molecule has 0 bridgehead atoms. The van der Waals surface area contributed by atoms with Gasteiger partial charge in [-0.05, 0) is 25.7 Å². The molecule has 0 radical (unpaired) electrons. The molecule has 0 amide bonds. The lowest BCUT2D eigenvalue weighted by Crippen LogP contribution is -2.51. The molecule has 0 aliphatic heterocycles. The average Bonchev–Trinajstić information content (AvgIpc) is 2.29. The number of aryl methyl sites for hydroxylation is 1. The Balaban J connectivity index is 2.21. The Morgan fingerprint density at radius 2 is 2.00 bits per heavy atom. The van der Waals surface area contributed by atoms with Crippen LogP contribution in [0.15, 0.2) is 24.3 Å². The summed E-state index contributed by atoms with van der Waals surface area (Å²) in [5.41, 5.74) is 7.61. The van der Waals surface area contributed by atoms with E-state index in [0.717, 1.165) is 24.8 Å². The molecule has 0 heterocycles. The van der Waals surface area contributed by atoms with Crippen molar-refractivity contribution in [3.63, 3.8) is 0 Å². The third-order valence-electron chi connectivity index (χ3n) is 3.80. The van der Waals surface area contributed by atoms with Gasteiger partial charge in [0, 0.05) is 5.56 Å². The first-order chi connectivity index (χ1) is 8.01. The fraction of sp³-hybridized carbons (Fsp3) is 0.533. The van der Waals surface area contributed by atoms with Gasteiger partial charge in [0.25, 0.3) is 0 Å². The Kier molecular flexibility index (Phi) is 3.34. The van der Waals surface area contributed by atoms with Crippen molar-refractivity contribution in [2.24, 2.45) is 11.7 Å². The number of carbonyl (C=O) groups excluding carboxylic acids is 1. The molecule has 17 heavy (non-hydrogen) atoms. The molecule has 2 nitrogen and oxygen atoms in total. The first kappa shape index (κ1) is 12.3. The maximum atomic E-state index is 12.5. The lowest BCUT2D eigenvalue weighted by molar-refractivity contribution is 0.0819. The summed E-state index contributed by atoms with van der Waals surface area (Å²) in [6.07, 6.45) is 3.90. The van der Waals surface area contributed by atoms with Crippen LogP contribution in [-0.2, 0) is 0 Å². The van der Waals surface area contributed by atoms with Crippen molar-refractivity contribution in [3.05, 3.63) is 35.4 Å². The first-order valence-electron chi connectivity index (χ1n) is 6.42. The van der Waals surface area contributed by atoms with Crippen LogP contribution in [-0.4, -0.2) is 11.3 Å². The van der Waals surface area contributed by atoms with Gasteiger partial charge in [-0.15, -0.1) is 0 Å². The fourth-order valence-electron chi connectivity index (χ4n) is 2.79. The second kappa shape index (κ2) is 4.61. The standard InChI is InChI=1S/C15H21NO/c1-11-5-7-13(8-6-11)14(17)15(16)9-3-4-12(2)10-15/h5-8,12H,3-4,9-10,16H2,1-2H3. The second-order valence-electron chi connectivity index (χ2n) is 5.55. The summed E-state index contributed by atoms with van der Waals surface area (Å²) in [6, 6.07) is 7.74. The molecular formula is C15H21NO. The Bertz CT molecular complexity index is 409.